The van der Waals surface area contributed by atoms with Gasteiger partial charge >= 0.3 is 6.18 Å². The zero-order chi connectivity index (χ0) is 22.1. The molecule has 0 bridgehead atoms. The molecular formula is C21H28F3N3O3. The van der Waals surface area contributed by atoms with E-state index in [1.807, 2.05) is 0 Å². The molecule has 3 amide bonds. The van der Waals surface area contributed by atoms with E-state index in [1.165, 1.54) is 19.1 Å². The maximum Gasteiger partial charge on any atom is 0.416 e. The molecule has 1 heterocycles. The highest BCUT2D eigenvalue weighted by Gasteiger charge is 2.32. The van der Waals surface area contributed by atoms with Gasteiger partial charge in [0.05, 0.1) is 11.6 Å². The van der Waals surface area contributed by atoms with Crippen LogP contribution < -0.4 is 10.6 Å². The van der Waals surface area contributed by atoms with E-state index in [9.17, 15) is 27.6 Å². The average Bonchev–Trinajstić information content (AvgIpc) is 3.08. The fourth-order valence-electron chi connectivity index (χ4n) is 3.40. The molecule has 1 unspecified atom stereocenters. The van der Waals surface area contributed by atoms with Crippen LogP contribution in [-0.2, 0) is 20.6 Å². The standard InChI is InChI=1S/C21H28F3N3O3/c1-15(28)25-11-4-2-3-9-19(29)26-18(14-27-12-6-10-20(27)30)16-7-5-8-17(13-16)21(22,23)24/h5,7-8,13,18H,2-4,6,9-12,14H2,1H3,(H,25,28)(H,26,29). The largest absolute Gasteiger partial charge is 0.416 e. The molecule has 30 heavy (non-hydrogen) atoms. The van der Waals surface area contributed by atoms with Crippen molar-refractivity contribution in [1.29, 1.82) is 0 Å². The normalized spacial score (nSPS) is 15.2. The molecule has 0 radical (unpaired) electrons. The Balaban J connectivity index is 1.99. The molecule has 6 nitrogen and oxygen atoms in total. The SMILES string of the molecule is CC(=O)NCCCCCC(=O)NC(CN1CCCC1=O)c1cccc(C(F)(F)F)c1. The average molecular weight is 427 g/mol. The molecule has 2 N–H and O–H groups in total. The van der Waals surface area contributed by atoms with Gasteiger partial charge in [0.2, 0.25) is 17.7 Å². The molecule has 1 saturated heterocycles. The van der Waals surface area contributed by atoms with E-state index >= 15 is 0 Å². The van der Waals surface area contributed by atoms with E-state index in [0.717, 1.165) is 25.0 Å². The van der Waals surface area contributed by atoms with Crippen molar-refractivity contribution in [3.63, 3.8) is 0 Å². The van der Waals surface area contributed by atoms with E-state index in [0.29, 0.717) is 37.9 Å². The van der Waals surface area contributed by atoms with Crippen molar-refractivity contribution < 1.29 is 27.6 Å². The number of unbranched alkanes of at least 4 members (excludes halogenated alkanes) is 2. The molecule has 166 valence electrons. The fourth-order valence-corrected chi connectivity index (χ4v) is 3.40. The molecule has 0 spiro atoms. The minimum atomic E-state index is -4.48. The Morgan fingerprint density at radius 1 is 1.20 bits per heavy atom. The number of halogens is 3. The summed E-state index contributed by atoms with van der Waals surface area (Å²) in [5.41, 5.74) is -0.464. The monoisotopic (exact) mass is 427 g/mol. The van der Waals surface area contributed by atoms with Crippen LogP contribution in [0, 0.1) is 0 Å². The van der Waals surface area contributed by atoms with Crippen LogP contribution in [0.25, 0.3) is 0 Å². The molecule has 1 fully saturated rings. The highest BCUT2D eigenvalue weighted by Crippen LogP contribution is 2.31. The maximum atomic E-state index is 13.1. The Hall–Kier alpha value is -2.58. The molecule has 1 aliphatic heterocycles. The van der Waals surface area contributed by atoms with Gasteiger partial charge in [0, 0.05) is 39.4 Å². The van der Waals surface area contributed by atoms with Gasteiger partial charge in [-0.25, -0.2) is 0 Å². The number of carbonyl (C=O) groups is 3. The van der Waals surface area contributed by atoms with Crippen LogP contribution in [0.4, 0.5) is 13.2 Å². The van der Waals surface area contributed by atoms with Crippen molar-refractivity contribution in [2.24, 2.45) is 0 Å². The Labute approximate surface area is 174 Å². The Morgan fingerprint density at radius 3 is 2.60 bits per heavy atom. The second-order valence-corrected chi connectivity index (χ2v) is 7.48. The van der Waals surface area contributed by atoms with Crippen molar-refractivity contribution in [3.8, 4) is 0 Å². The summed E-state index contributed by atoms with van der Waals surface area (Å²) in [6.07, 6.45) is -1.05. The zero-order valence-corrected chi connectivity index (χ0v) is 17.1. The quantitative estimate of drug-likeness (QED) is 0.563. The molecule has 1 aliphatic rings. The highest BCUT2D eigenvalue weighted by atomic mass is 19.4. The lowest BCUT2D eigenvalue weighted by atomic mass is 10.0. The first-order valence-electron chi connectivity index (χ1n) is 10.2. The first-order chi connectivity index (χ1) is 14.2. The molecule has 0 saturated carbocycles. The van der Waals surface area contributed by atoms with Crippen molar-refractivity contribution in [1.82, 2.24) is 15.5 Å². The van der Waals surface area contributed by atoms with Gasteiger partial charge < -0.3 is 15.5 Å². The Bertz CT molecular complexity index is 753. The lowest BCUT2D eigenvalue weighted by Crippen LogP contribution is -2.38. The van der Waals surface area contributed by atoms with Gasteiger partial charge in [-0.15, -0.1) is 0 Å². The maximum absolute atomic E-state index is 13.1. The lowest BCUT2D eigenvalue weighted by Gasteiger charge is -2.26. The highest BCUT2D eigenvalue weighted by molar-refractivity contribution is 5.79. The number of nitrogens with zero attached hydrogens (tertiary/aromatic N) is 1. The van der Waals surface area contributed by atoms with Crippen LogP contribution in [0.1, 0.15) is 62.6 Å². The third-order valence-electron chi connectivity index (χ3n) is 4.98. The third-order valence-corrected chi connectivity index (χ3v) is 4.98. The van der Waals surface area contributed by atoms with Gasteiger partial charge in [-0.2, -0.15) is 13.2 Å². The van der Waals surface area contributed by atoms with E-state index < -0.39 is 17.8 Å². The topological polar surface area (TPSA) is 78.5 Å². The summed E-state index contributed by atoms with van der Waals surface area (Å²) in [6.45, 7) is 2.66. The van der Waals surface area contributed by atoms with Gasteiger partial charge in [0.15, 0.2) is 0 Å². The van der Waals surface area contributed by atoms with Crippen LogP contribution in [-0.4, -0.2) is 42.3 Å². The second-order valence-electron chi connectivity index (χ2n) is 7.48. The number of benzene rings is 1. The first kappa shape index (κ1) is 23.7. The predicted molar refractivity (Wildman–Crippen MR) is 105 cm³/mol. The number of alkyl halides is 3. The molecule has 0 aliphatic carbocycles. The van der Waals surface area contributed by atoms with Crippen LogP contribution in [0.3, 0.4) is 0 Å². The predicted octanol–water partition coefficient (Wildman–Crippen LogP) is 3.18. The molecular weight excluding hydrogens is 399 g/mol. The second kappa shape index (κ2) is 11.0. The summed E-state index contributed by atoms with van der Waals surface area (Å²) in [7, 11) is 0. The van der Waals surface area contributed by atoms with E-state index in [-0.39, 0.29) is 30.7 Å². The minimum Gasteiger partial charge on any atom is -0.356 e. The number of likely N-dealkylation sites (tertiary alicyclic amines) is 1. The van der Waals surface area contributed by atoms with Gasteiger partial charge in [0.1, 0.15) is 0 Å². The van der Waals surface area contributed by atoms with Gasteiger partial charge in [0.25, 0.3) is 0 Å². The summed E-state index contributed by atoms with van der Waals surface area (Å²) < 4.78 is 39.3. The van der Waals surface area contributed by atoms with E-state index in [2.05, 4.69) is 10.6 Å². The van der Waals surface area contributed by atoms with E-state index in [4.69, 9.17) is 0 Å². The van der Waals surface area contributed by atoms with Gasteiger partial charge in [-0.1, -0.05) is 18.6 Å². The van der Waals surface area contributed by atoms with Crippen LogP contribution >= 0.6 is 0 Å². The van der Waals surface area contributed by atoms with Crippen LogP contribution in [0.15, 0.2) is 24.3 Å². The molecule has 1 atom stereocenters. The minimum absolute atomic E-state index is 0.0563. The smallest absolute Gasteiger partial charge is 0.356 e. The summed E-state index contributed by atoms with van der Waals surface area (Å²) in [5, 5.41) is 5.48. The van der Waals surface area contributed by atoms with Crippen molar-refractivity contribution in [3.05, 3.63) is 35.4 Å². The van der Waals surface area contributed by atoms with Crippen LogP contribution in [0.5, 0.6) is 0 Å². The molecule has 9 heteroatoms. The fraction of sp³-hybridized carbons (Fsp3) is 0.571. The molecule has 0 aromatic heterocycles. The van der Waals surface area contributed by atoms with E-state index in [1.54, 1.807) is 4.90 Å². The summed E-state index contributed by atoms with van der Waals surface area (Å²) >= 11 is 0. The number of hydrogen-bond donors (Lipinski definition) is 2. The number of carbonyl (C=O) groups excluding carboxylic acids is 3. The van der Waals surface area contributed by atoms with Gasteiger partial charge in [-0.3, -0.25) is 14.4 Å². The number of hydrogen-bond acceptors (Lipinski definition) is 3. The lowest BCUT2D eigenvalue weighted by molar-refractivity contribution is -0.137. The van der Waals surface area contributed by atoms with Crippen molar-refractivity contribution >= 4 is 17.7 Å². The first-order valence-corrected chi connectivity index (χ1v) is 10.2. The molecule has 1 aromatic carbocycles. The Kier molecular flexibility index (Phi) is 8.68. The Morgan fingerprint density at radius 2 is 1.97 bits per heavy atom. The summed E-state index contributed by atoms with van der Waals surface area (Å²) in [4.78, 5) is 36.8. The van der Waals surface area contributed by atoms with Crippen molar-refractivity contribution in [2.45, 2.75) is 57.7 Å². The van der Waals surface area contributed by atoms with Crippen molar-refractivity contribution in [2.75, 3.05) is 19.6 Å². The summed E-state index contributed by atoms with van der Waals surface area (Å²) in [6, 6.07) is 4.15. The van der Waals surface area contributed by atoms with Crippen LogP contribution in [0.2, 0.25) is 0 Å². The number of nitrogens with one attached hydrogen (secondary N) is 2. The third kappa shape index (κ3) is 7.68. The van der Waals surface area contributed by atoms with Gasteiger partial charge in [-0.05, 0) is 37.0 Å². The number of amides is 3. The summed E-state index contributed by atoms with van der Waals surface area (Å²) in [5.74, 6) is -0.434. The molecule has 2 rings (SSSR count). The number of rotatable bonds is 10. The molecule has 1 aromatic rings. The zero-order valence-electron chi connectivity index (χ0n) is 17.1.